The van der Waals surface area contributed by atoms with Crippen LogP contribution in [0.4, 0.5) is 0 Å². The first-order valence-electron chi connectivity index (χ1n) is 34.8. The summed E-state index contributed by atoms with van der Waals surface area (Å²) in [6.45, 7) is 14.0. The van der Waals surface area contributed by atoms with Gasteiger partial charge in [-0.1, -0.05) is 274 Å². The number of rotatable bonds is 64. The molecule has 0 aliphatic carbocycles. The van der Waals surface area contributed by atoms with Crippen LogP contribution in [-0.2, 0) is 65.4 Å². The predicted octanol–water partition coefficient (Wildman–Crippen LogP) is 18.5. The molecule has 510 valence electrons. The molecule has 7 atom stereocenters. The van der Waals surface area contributed by atoms with Crippen molar-refractivity contribution in [3.63, 3.8) is 0 Å². The summed E-state index contributed by atoms with van der Waals surface area (Å²) in [6, 6.07) is 0. The van der Waals surface area contributed by atoms with E-state index in [1.807, 2.05) is 0 Å². The molecule has 0 bridgehead atoms. The van der Waals surface area contributed by atoms with Gasteiger partial charge in [-0.05, 0) is 49.4 Å². The van der Waals surface area contributed by atoms with Gasteiger partial charge in [0.05, 0.1) is 26.4 Å². The van der Waals surface area contributed by atoms with Crippen LogP contribution < -0.4 is 0 Å². The quantitative estimate of drug-likeness (QED) is 0.0222. The zero-order valence-corrected chi connectivity index (χ0v) is 57.7. The Morgan fingerprint density at radius 1 is 0.326 bits per heavy atom. The topological polar surface area (TPSA) is 237 Å². The minimum Gasteiger partial charge on any atom is -0.462 e. The normalized spacial score (nSPS) is 15.0. The third-order valence-corrected chi connectivity index (χ3v) is 17.9. The van der Waals surface area contributed by atoms with Crippen LogP contribution >= 0.6 is 15.6 Å². The molecule has 0 spiro atoms. The first-order chi connectivity index (χ1) is 41.2. The summed E-state index contributed by atoms with van der Waals surface area (Å²) in [7, 11) is -9.90. The van der Waals surface area contributed by atoms with Crippen LogP contribution in [0.5, 0.6) is 0 Å². The van der Waals surface area contributed by atoms with E-state index in [4.69, 9.17) is 37.0 Å². The van der Waals surface area contributed by atoms with E-state index in [1.165, 1.54) is 116 Å². The molecule has 17 nitrogen and oxygen atoms in total. The zero-order chi connectivity index (χ0) is 63.9. The highest BCUT2D eigenvalue weighted by molar-refractivity contribution is 7.47. The summed E-state index contributed by atoms with van der Waals surface area (Å²) in [6.07, 6.45) is 37.6. The van der Waals surface area contributed by atoms with Crippen molar-refractivity contribution in [2.24, 2.45) is 23.7 Å². The zero-order valence-electron chi connectivity index (χ0n) is 55.9. The van der Waals surface area contributed by atoms with E-state index in [9.17, 15) is 43.2 Å². The van der Waals surface area contributed by atoms with Gasteiger partial charge in [0, 0.05) is 25.7 Å². The lowest BCUT2D eigenvalue weighted by atomic mass is 9.99. The fourth-order valence-electron chi connectivity index (χ4n) is 9.89. The van der Waals surface area contributed by atoms with Gasteiger partial charge in [0.25, 0.3) is 0 Å². The van der Waals surface area contributed by atoms with E-state index in [2.05, 4.69) is 55.4 Å². The van der Waals surface area contributed by atoms with Gasteiger partial charge in [0.1, 0.15) is 19.3 Å². The van der Waals surface area contributed by atoms with Gasteiger partial charge in [-0.3, -0.25) is 37.3 Å². The Kier molecular flexibility index (Phi) is 55.7. The average Bonchev–Trinajstić information content (AvgIpc) is 3.68. The molecule has 4 unspecified atom stereocenters. The van der Waals surface area contributed by atoms with Crippen LogP contribution in [0.3, 0.4) is 0 Å². The van der Waals surface area contributed by atoms with Crippen molar-refractivity contribution in [1.82, 2.24) is 0 Å². The fourth-order valence-corrected chi connectivity index (χ4v) is 11.5. The van der Waals surface area contributed by atoms with Crippen molar-refractivity contribution >= 4 is 39.5 Å². The van der Waals surface area contributed by atoms with Crippen LogP contribution in [0.15, 0.2) is 0 Å². The lowest BCUT2D eigenvalue weighted by Crippen LogP contribution is -2.30. The molecule has 0 aromatic heterocycles. The Morgan fingerprint density at radius 2 is 0.558 bits per heavy atom. The number of phosphoric acid groups is 2. The number of unbranched alkanes of at least 4 members (excludes halogenated alkanes) is 28. The lowest BCUT2D eigenvalue weighted by molar-refractivity contribution is -0.161. The Labute approximate surface area is 524 Å². The number of aliphatic hydroxyl groups excluding tert-OH is 1. The third kappa shape index (κ3) is 58.4. The Hall–Kier alpha value is -1.94. The second-order valence-corrected chi connectivity index (χ2v) is 28.6. The average molecular weight is 1270 g/mol. The molecule has 0 amide bonds. The van der Waals surface area contributed by atoms with Crippen LogP contribution in [0.25, 0.3) is 0 Å². The number of ether oxygens (including phenoxy) is 4. The van der Waals surface area contributed by atoms with E-state index in [0.717, 1.165) is 120 Å². The summed E-state index contributed by atoms with van der Waals surface area (Å²) in [5, 5.41) is 10.6. The summed E-state index contributed by atoms with van der Waals surface area (Å²) < 4.78 is 68.1. The highest BCUT2D eigenvalue weighted by Gasteiger charge is 2.30. The smallest absolute Gasteiger partial charge is 0.462 e. The van der Waals surface area contributed by atoms with Crippen molar-refractivity contribution in [3.8, 4) is 0 Å². The molecular weight excluding hydrogens is 1140 g/mol. The maximum atomic E-state index is 13.0. The van der Waals surface area contributed by atoms with E-state index in [1.54, 1.807) is 0 Å². The molecular formula is C67H130O17P2. The predicted molar refractivity (Wildman–Crippen MR) is 344 cm³/mol. The van der Waals surface area contributed by atoms with Gasteiger partial charge in [-0.2, -0.15) is 0 Å². The molecule has 0 fully saturated rings. The van der Waals surface area contributed by atoms with E-state index in [0.29, 0.717) is 31.6 Å². The van der Waals surface area contributed by atoms with Crippen molar-refractivity contribution in [1.29, 1.82) is 0 Å². The Morgan fingerprint density at radius 3 is 0.826 bits per heavy atom. The number of phosphoric ester groups is 2. The number of carbonyl (C=O) groups excluding carboxylic acids is 4. The van der Waals surface area contributed by atoms with E-state index >= 15 is 0 Å². The van der Waals surface area contributed by atoms with Gasteiger partial charge in [-0.15, -0.1) is 0 Å². The van der Waals surface area contributed by atoms with Gasteiger partial charge >= 0.3 is 39.5 Å². The molecule has 86 heavy (non-hydrogen) atoms. The number of carbonyl (C=O) groups is 4. The molecule has 0 aliphatic heterocycles. The maximum Gasteiger partial charge on any atom is 0.472 e. The highest BCUT2D eigenvalue weighted by Crippen LogP contribution is 2.45. The Bertz CT molecular complexity index is 1720. The molecule has 0 saturated carbocycles. The van der Waals surface area contributed by atoms with Crippen molar-refractivity contribution < 1.29 is 80.2 Å². The van der Waals surface area contributed by atoms with Crippen LogP contribution in [0, 0.1) is 23.7 Å². The molecule has 0 saturated heterocycles. The minimum absolute atomic E-state index is 0.104. The van der Waals surface area contributed by atoms with Crippen molar-refractivity contribution in [2.75, 3.05) is 39.6 Å². The lowest BCUT2D eigenvalue weighted by Gasteiger charge is -2.21. The SMILES string of the molecule is CCC(C)CCCCCCCCCCCCC(=O)O[C@H](COC(=O)CCCCCCCCCC(C)C)COP(=O)(O)OC[C@@H](O)COP(=O)(O)OC[C@@H](COC(=O)CCCCCCCCC(C)CC)OC(=O)CCCCCCCCCCCC(C)C. The van der Waals surface area contributed by atoms with Gasteiger partial charge in [0.2, 0.25) is 0 Å². The number of esters is 4. The second kappa shape index (κ2) is 57.0. The van der Waals surface area contributed by atoms with Gasteiger partial charge < -0.3 is 33.8 Å². The summed E-state index contributed by atoms with van der Waals surface area (Å²) >= 11 is 0. The second-order valence-electron chi connectivity index (χ2n) is 25.6. The Balaban J connectivity index is 5.27. The standard InChI is InChI=1S/C67H130O17P2/c1-9-59(7)45-37-29-21-15-11-12-16-22-33-41-49-66(71)83-62(53-77-64(69)47-39-31-24-18-20-28-36-44-58(5)6)55-81-85(73,74)79-51-61(68)52-80-86(75,76)82-56-63(54-78-65(70)48-40-32-26-25-30-38-46-60(8)10-2)84-67(72)50-42-34-23-17-13-14-19-27-35-43-57(3)4/h57-63,68H,9-56H2,1-8H3,(H,73,74)(H,75,76)/t59?,60?,61-,62-,63-/m1/s1. The van der Waals surface area contributed by atoms with Crippen molar-refractivity contribution in [3.05, 3.63) is 0 Å². The molecule has 0 rings (SSSR count). The number of hydrogen-bond donors (Lipinski definition) is 3. The van der Waals surface area contributed by atoms with Crippen LogP contribution in [0.2, 0.25) is 0 Å². The summed E-state index contributed by atoms with van der Waals surface area (Å²) in [5.41, 5.74) is 0. The third-order valence-electron chi connectivity index (χ3n) is 16.0. The number of hydrogen-bond acceptors (Lipinski definition) is 15. The number of aliphatic hydroxyl groups is 1. The van der Waals surface area contributed by atoms with Crippen molar-refractivity contribution in [2.45, 2.75) is 343 Å². The van der Waals surface area contributed by atoms with Crippen LogP contribution in [0.1, 0.15) is 325 Å². The molecule has 0 aromatic rings. The van der Waals surface area contributed by atoms with E-state index < -0.39 is 97.5 Å². The maximum absolute atomic E-state index is 13.0. The first-order valence-corrected chi connectivity index (χ1v) is 37.8. The molecule has 3 N–H and O–H groups in total. The van der Waals surface area contributed by atoms with Gasteiger partial charge in [-0.25, -0.2) is 9.13 Å². The minimum atomic E-state index is -4.95. The monoisotopic (exact) mass is 1270 g/mol. The fraction of sp³-hybridized carbons (Fsp3) is 0.940. The molecule has 0 aromatic carbocycles. The van der Waals surface area contributed by atoms with E-state index in [-0.39, 0.29) is 25.7 Å². The molecule has 0 radical (unpaired) electrons. The molecule has 0 heterocycles. The summed E-state index contributed by atoms with van der Waals surface area (Å²) in [4.78, 5) is 72.4. The molecule has 19 heteroatoms. The largest absolute Gasteiger partial charge is 0.472 e. The van der Waals surface area contributed by atoms with Gasteiger partial charge in [0.15, 0.2) is 12.2 Å². The molecule has 0 aliphatic rings. The van der Waals surface area contributed by atoms with Crippen LogP contribution in [-0.4, -0.2) is 96.7 Å². The first kappa shape index (κ1) is 84.1. The highest BCUT2D eigenvalue weighted by atomic mass is 31.2. The summed E-state index contributed by atoms with van der Waals surface area (Å²) in [5.74, 6) is 0.840.